The van der Waals surface area contributed by atoms with Crippen LogP contribution in [0.15, 0.2) is 23.1 Å². The topological polar surface area (TPSA) is 75.4 Å². The lowest BCUT2D eigenvalue weighted by atomic mass is 10.3. The van der Waals surface area contributed by atoms with E-state index in [4.69, 9.17) is 5.14 Å². The highest BCUT2D eigenvalue weighted by atomic mass is 32.2. The molecule has 0 spiro atoms. The van der Waals surface area contributed by atoms with Crippen molar-refractivity contribution in [1.29, 1.82) is 0 Å². The van der Waals surface area contributed by atoms with Crippen LogP contribution in [0.4, 0.5) is 10.1 Å². The molecule has 20 heavy (non-hydrogen) atoms. The molecular weight excluding hydrogens is 281 g/mol. The Morgan fingerprint density at radius 2 is 2.15 bits per heavy atom. The number of halogens is 1. The number of hydrogen-bond acceptors (Lipinski definition) is 4. The van der Waals surface area contributed by atoms with Gasteiger partial charge in [0.25, 0.3) is 0 Å². The second kappa shape index (κ2) is 6.07. The molecule has 1 aromatic rings. The predicted octanol–water partition coefficient (Wildman–Crippen LogP) is 1.37. The summed E-state index contributed by atoms with van der Waals surface area (Å²) >= 11 is 0. The molecule has 7 heteroatoms. The summed E-state index contributed by atoms with van der Waals surface area (Å²) in [7, 11) is -3.86. The average molecular weight is 301 g/mol. The van der Waals surface area contributed by atoms with E-state index < -0.39 is 15.8 Å². The number of likely N-dealkylation sites (N-methyl/N-ethyl adjacent to an activating group) is 1. The molecule has 0 aromatic heterocycles. The van der Waals surface area contributed by atoms with Crippen LogP contribution in [0.2, 0.25) is 0 Å². The Labute approximate surface area is 119 Å². The van der Waals surface area contributed by atoms with E-state index in [1.165, 1.54) is 25.0 Å². The molecule has 1 saturated carbocycles. The fraction of sp³-hybridized carbons (Fsp3) is 0.538. The van der Waals surface area contributed by atoms with Gasteiger partial charge in [-0.25, -0.2) is 17.9 Å². The lowest BCUT2D eigenvalue weighted by Crippen LogP contribution is -2.31. The van der Waals surface area contributed by atoms with Gasteiger partial charge in [-0.05, 0) is 37.6 Å². The molecule has 1 aromatic carbocycles. The molecule has 0 bridgehead atoms. The third-order valence-corrected chi connectivity index (χ3v) is 4.36. The molecule has 0 aliphatic heterocycles. The molecule has 3 N–H and O–H groups in total. The van der Waals surface area contributed by atoms with Crippen LogP contribution in [0.3, 0.4) is 0 Å². The van der Waals surface area contributed by atoms with Gasteiger partial charge in [0.15, 0.2) is 0 Å². The first-order valence-electron chi connectivity index (χ1n) is 6.72. The van der Waals surface area contributed by atoms with E-state index in [0.29, 0.717) is 18.3 Å². The second-order valence-corrected chi connectivity index (χ2v) is 6.53. The van der Waals surface area contributed by atoms with Gasteiger partial charge in [-0.1, -0.05) is 6.92 Å². The number of benzene rings is 1. The summed E-state index contributed by atoms with van der Waals surface area (Å²) in [6.07, 6.45) is 2.48. The van der Waals surface area contributed by atoms with E-state index in [0.717, 1.165) is 19.2 Å². The molecule has 1 aliphatic rings. The number of hydrogen-bond donors (Lipinski definition) is 2. The molecular formula is C13H20FN3O2S. The van der Waals surface area contributed by atoms with Crippen LogP contribution < -0.4 is 10.5 Å². The average Bonchev–Trinajstić information content (AvgIpc) is 3.19. The van der Waals surface area contributed by atoms with Crippen LogP contribution in [0, 0.1) is 5.82 Å². The SMILES string of the molecule is CCN(CCNc1ccc(S(N)(=O)=O)cc1F)C1CC1. The first-order valence-corrected chi connectivity index (χ1v) is 8.26. The zero-order chi connectivity index (χ0) is 14.8. The molecule has 0 amide bonds. The molecule has 0 radical (unpaired) electrons. The van der Waals surface area contributed by atoms with Gasteiger partial charge in [0.05, 0.1) is 10.6 Å². The Kier molecular flexibility index (Phi) is 4.62. The Morgan fingerprint density at radius 1 is 1.45 bits per heavy atom. The maximum Gasteiger partial charge on any atom is 0.238 e. The fourth-order valence-corrected chi connectivity index (χ4v) is 2.71. The quantitative estimate of drug-likeness (QED) is 0.797. The summed E-state index contributed by atoms with van der Waals surface area (Å²) in [5.41, 5.74) is 0.296. The first kappa shape index (κ1) is 15.2. The largest absolute Gasteiger partial charge is 0.381 e. The van der Waals surface area contributed by atoms with Crippen molar-refractivity contribution in [2.75, 3.05) is 25.0 Å². The zero-order valence-electron chi connectivity index (χ0n) is 11.5. The van der Waals surface area contributed by atoms with E-state index in [-0.39, 0.29) is 4.90 Å². The van der Waals surface area contributed by atoms with Gasteiger partial charge in [-0.15, -0.1) is 0 Å². The van der Waals surface area contributed by atoms with E-state index in [1.807, 2.05) is 0 Å². The van der Waals surface area contributed by atoms with Crippen molar-refractivity contribution in [3.63, 3.8) is 0 Å². The Morgan fingerprint density at radius 3 is 2.65 bits per heavy atom. The first-order chi connectivity index (χ1) is 9.41. The molecule has 1 fully saturated rings. The standard InChI is InChI=1S/C13H20FN3O2S/c1-2-17(10-3-4-10)8-7-16-13-6-5-11(9-12(13)14)20(15,18)19/h5-6,9-10,16H,2-4,7-8H2,1H3,(H2,15,18,19). The van der Waals surface area contributed by atoms with Crippen molar-refractivity contribution in [3.05, 3.63) is 24.0 Å². The predicted molar refractivity (Wildman–Crippen MR) is 76.5 cm³/mol. The van der Waals surface area contributed by atoms with Gasteiger partial charge in [0.1, 0.15) is 5.82 Å². The van der Waals surface area contributed by atoms with Crippen molar-refractivity contribution in [3.8, 4) is 0 Å². The lowest BCUT2D eigenvalue weighted by molar-refractivity contribution is 0.289. The second-order valence-electron chi connectivity index (χ2n) is 4.97. The molecule has 0 saturated heterocycles. The van der Waals surface area contributed by atoms with E-state index in [9.17, 15) is 12.8 Å². The van der Waals surface area contributed by atoms with Gasteiger partial charge in [-0.2, -0.15) is 0 Å². The summed E-state index contributed by atoms with van der Waals surface area (Å²) in [4.78, 5) is 2.14. The van der Waals surface area contributed by atoms with E-state index >= 15 is 0 Å². The van der Waals surface area contributed by atoms with Crippen LogP contribution >= 0.6 is 0 Å². The van der Waals surface area contributed by atoms with Crippen molar-refractivity contribution in [2.45, 2.75) is 30.7 Å². The Hall–Kier alpha value is -1.18. The van der Waals surface area contributed by atoms with Crippen LogP contribution in [0.5, 0.6) is 0 Å². The molecule has 0 heterocycles. The van der Waals surface area contributed by atoms with Gasteiger partial charge in [0, 0.05) is 19.1 Å². The van der Waals surface area contributed by atoms with Gasteiger partial charge in [0.2, 0.25) is 10.0 Å². The molecule has 0 unspecified atom stereocenters. The Balaban J connectivity index is 1.93. The fourth-order valence-electron chi connectivity index (χ4n) is 2.19. The zero-order valence-corrected chi connectivity index (χ0v) is 12.3. The number of nitrogens with one attached hydrogen (secondary N) is 1. The minimum Gasteiger partial charge on any atom is -0.381 e. The van der Waals surface area contributed by atoms with Crippen LogP contribution in [-0.4, -0.2) is 39.0 Å². The smallest absolute Gasteiger partial charge is 0.238 e. The summed E-state index contributed by atoms with van der Waals surface area (Å²) in [6, 6.07) is 4.33. The summed E-state index contributed by atoms with van der Waals surface area (Å²) < 4.78 is 36.0. The summed E-state index contributed by atoms with van der Waals surface area (Å²) in [5, 5.41) is 7.94. The monoisotopic (exact) mass is 301 g/mol. The number of rotatable bonds is 7. The van der Waals surface area contributed by atoms with Crippen molar-refractivity contribution in [2.24, 2.45) is 5.14 Å². The molecule has 5 nitrogen and oxygen atoms in total. The summed E-state index contributed by atoms with van der Waals surface area (Å²) in [6.45, 7) is 4.56. The van der Waals surface area contributed by atoms with Gasteiger partial charge >= 0.3 is 0 Å². The normalized spacial score (nSPS) is 15.6. The van der Waals surface area contributed by atoms with E-state index in [1.54, 1.807) is 0 Å². The maximum absolute atomic E-state index is 13.8. The van der Waals surface area contributed by atoms with E-state index in [2.05, 4.69) is 17.1 Å². The number of nitrogens with two attached hydrogens (primary N) is 1. The van der Waals surface area contributed by atoms with Crippen molar-refractivity contribution in [1.82, 2.24) is 4.90 Å². The highest BCUT2D eigenvalue weighted by Crippen LogP contribution is 2.26. The van der Waals surface area contributed by atoms with Crippen LogP contribution in [0.25, 0.3) is 0 Å². The van der Waals surface area contributed by atoms with Crippen molar-refractivity contribution >= 4 is 15.7 Å². The van der Waals surface area contributed by atoms with Crippen LogP contribution in [0.1, 0.15) is 19.8 Å². The maximum atomic E-state index is 13.8. The lowest BCUT2D eigenvalue weighted by Gasteiger charge is -2.20. The number of primary sulfonamides is 1. The highest BCUT2D eigenvalue weighted by Gasteiger charge is 2.27. The van der Waals surface area contributed by atoms with Crippen LogP contribution in [-0.2, 0) is 10.0 Å². The van der Waals surface area contributed by atoms with Crippen molar-refractivity contribution < 1.29 is 12.8 Å². The Bertz CT molecular complexity index is 573. The number of sulfonamides is 1. The minimum atomic E-state index is -3.86. The number of anilines is 1. The van der Waals surface area contributed by atoms with Gasteiger partial charge in [-0.3, -0.25) is 4.90 Å². The molecule has 2 rings (SSSR count). The number of nitrogens with zero attached hydrogens (tertiary/aromatic N) is 1. The minimum absolute atomic E-state index is 0.214. The molecule has 112 valence electrons. The molecule has 1 aliphatic carbocycles. The van der Waals surface area contributed by atoms with Gasteiger partial charge < -0.3 is 5.32 Å². The highest BCUT2D eigenvalue weighted by molar-refractivity contribution is 7.89. The third-order valence-electron chi connectivity index (χ3n) is 3.45. The summed E-state index contributed by atoms with van der Waals surface area (Å²) in [5.74, 6) is -0.606. The molecule has 0 atom stereocenters. The third kappa shape index (κ3) is 3.91.